The van der Waals surface area contributed by atoms with Gasteiger partial charge in [0.05, 0.1) is 12.7 Å². The third-order valence-corrected chi connectivity index (χ3v) is 4.58. The zero-order chi connectivity index (χ0) is 20.3. The molecule has 8 heteroatoms. The van der Waals surface area contributed by atoms with Crippen LogP contribution in [0.1, 0.15) is 21.5 Å². The van der Waals surface area contributed by atoms with E-state index in [1.807, 2.05) is 38.1 Å². The number of aromatic amines is 1. The van der Waals surface area contributed by atoms with Crippen LogP contribution in [0.2, 0.25) is 0 Å². The minimum atomic E-state index is -0.464. The van der Waals surface area contributed by atoms with Gasteiger partial charge < -0.3 is 10.1 Å². The molecule has 0 fully saturated rings. The van der Waals surface area contributed by atoms with Gasteiger partial charge in [-0.1, -0.05) is 29.8 Å². The Kier molecular flexibility index (Phi) is 5.70. The number of esters is 1. The van der Waals surface area contributed by atoms with E-state index < -0.39 is 5.97 Å². The van der Waals surface area contributed by atoms with E-state index in [2.05, 4.69) is 15.5 Å². The molecule has 3 aromatic rings. The molecule has 0 aliphatic heterocycles. The lowest BCUT2D eigenvalue weighted by molar-refractivity contribution is -0.116. The highest BCUT2D eigenvalue weighted by atomic mass is 32.1. The zero-order valence-corrected chi connectivity index (χ0v) is 16.6. The molecular formula is C20H20N4O3S. The molecule has 144 valence electrons. The molecule has 2 aromatic carbocycles. The highest BCUT2D eigenvalue weighted by Crippen LogP contribution is 2.20. The Bertz CT molecular complexity index is 1100. The van der Waals surface area contributed by atoms with E-state index in [9.17, 15) is 9.59 Å². The molecule has 2 N–H and O–H groups in total. The number of anilines is 1. The van der Waals surface area contributed by atoms with Crippen molar-refractivity contribution in [2.75, 3.05) is 12.4 Å². The molecule has 0 unspecified atom stereocenters. The van der Waals surface area contributed by atoms with Gasteiger partial charge >= 0.3 is 5.97 Å². The molecule has 0 atom stereocenters. The van der Waals surface area contributed by atoms with E-state index in [0.29, 0.717) is 21.8 Å². The van der Waals surface area contributed by atoms with Crippen molar-refractivity contribution in [2.45, 2.75) is 20.4 Å². The minimum absolute atomic E-state index is 0.0134. The summed E-state index contributed by atoms with van der Waals surface area (Å²) >= 11 is 5.29. The number of aromatic nitrogens is 3. The second-order valence-electron chi connectivity index (χ2n) is 6.38. The van der Waals surface area contributed by atoms with Crippen LogP contribution in [0.4, 0.5) is 5.69 Å². The first-order chi connectivity index (χ1) is 13.4. The molecule has 0 spiro atoms. The van der Waals surface area contributed by atoms with E-state index in [4.69, 9.17) is 17.0 Å². The molecule has 1 heterocycles. The number of nitrogens with one attached hydrogen (secondary N) is 2. The number of aryl methyl sites for hydroxylation is 2. The normalized spacial score (nSPS) is 10.5. The second kappa shape index (κ2) is 8.18. The molecule has 28 heavy (non-hydrogen) atoms. The van der Waals surface area contributed by atoms with Crippen molar-refractivity contribution in [1.82, 2.24) is 14.8 Å². The highest BCUT2D eigenvalue weighted by molar-refractivity contribution is 7.71. The lowest BCUT2D eigenvalue weighted by Crippen LogP contribution is -2.20. The maximum atomic E-state index is 12.6. The highest BCUT2D eigenvalue weighted by Gasteiger charge is 2.14. The molecule has 1 aromatic heterocycles. The molecule has 0 radical (unpaired) electrons. The molecule has 0 aliphatic rings. The van der Waals surface area contributed by atoms with E-state index >= 15 is 0 Å². The Balaban J connectivity index is 1.84. The zero-order valence-electron chi connectivity index (χ0n) is 15.8. The monoisotopic (exact) mass is 396 g/mol. The predicted molar refractivity (Wildman–Crippen MR) is 109 cm³/mol. The van der Waals surface area contributed by atoms with E-state index in [0.717, 1.165) is 16.7 Å². The summed E-state index contributed by atoms with van der Waals surface area (Å²) in [4.78, 5) is 24.4. The Morgan fingerprint density at radius 1 is 1.21 bits per heavy atom. The lowest BCUT2D eigenvalue weighted by atomic mass is 10.1. The number of methoxy groups -OCH3 is 1. The van der Waals surface area contributed by atoms with Crippen molar-refractivity contribution in [1.29, 1.82) is 0 Å². The molecule has 0 saturated carbocycles. The first kappa shape index (κ1) is 19.5. The summed E-state index contributed by atoms with van der Waals surface area (Å²) < 4.78 is 6.72. The molecule has 0 bridgehead atoms. The molecule has 0 aliphatic carbocycles. The van der Waals surface area contributed by atoms with Gasteiger partial charge in [0.25, 0.3) is 0 Å². The number of hydrogen-bond acceptors (Lipinski definition) is 5. The van der Waals surface area contributed by atoms with Gasteiger partial charge in [-0.15, -0.1) is 0 Å². The third kappa shape index (κ3) is 4.17. The number of carbonyl (C=O) groups excluding carboxylic acids is 2. The van der Waals surface area contributed by atoms with Gasteiger partial charge in [-0.25, -0.2) is 4.79 Å². The molecule has 7 nitrogen and oxygen atoms in total. The fraction of sp³-hybridized carbons (Fsp3) is 0.200. The van der Waals surface area contributed by atoms with Crippen LogP contribution in [-0.2, 0) is 16.1 Å². The van der Waals surface area contributed by atoms with Crippen molar-refractivity contribution in [3.8, 4) is 11.4 Å². The molecule has 1 amide bonds. The SMILES string of the molecule is COC(=O)c1ccc(C)c(NC(=O)Cn2c(-c3cccc(C)c3)n[nH]c2=S)c1. The largest absolute Gasteiger partial charge is 0.465 e. The molecule has 3 rings (SSSR count). The van der Waals surface area contributed by atoms with Crippen molar-refractivity contribution >= 4 is 29.8 Å². The summed E-state index contributed by atoms with van der Waals surface area (Å²) in [6.45, 7) is 3.82. The number of hydrogen-bond donors (Lipinski definition) is 2. The summed E-state index contributed by atoms with van der Waals surface area (Å²) in [5.41, 5.74) is 3.68. The van der Waals surface area contributed by atoms with Gasteiger partial charge in [0.1, 0.15) is 6.54 Å². The van der Waals surface area contributed by atoms with E-state index in [-0.39, 0.29) is 12.5 Å². The Morgan fingerprint density at radius 2 is 2.00 bits per heavy atom. The van der Waals surface area contributed by atoms with Crippen LogP contribution in [0.25, 0.3) is 11.4 Å². The van der Waals surface area contributed by atoms with Gasteiger partial charge in [-0.05, 0) is 49.8 Å². The van der Waals surface area contributed by atoms with Gasteiger partial charge in [0.2, 0.25) is 5.91 Å². The fourth-order valence-electron chi connectivity index (χ4n) is 2.80. The number of ether oxygens (including phenoxy) is 1. The molecule has 0 saturated heterocycles. The standard InChI is InChI=1S/C20H20N4O3S/c1-12-5-4-6-14(9-12)18-22-23-20(28)24(18)11-17(25)21-16-10-15(19(26)27-3)8-7-13(16)2/h4-10H,11H2,1-3H3,(H,21,25)(H,23,28). The van der Waals surface area contributed by atoms with Crippen LogP contribution in [-0.4, -0.2) is 33.8 Å². The van der Waals surface area contributed by atoms with Crippen LogP contribution < -0.4 is 5.32 Å². The van der Waals surface area contributed by atoms with Crippen molar-refractivity contribution in [3.63, 3.8) is 0 Å². The van der Waals surface area contributed by atoms with Gasteiger partial charge in [-0.2, -0.15) is 5.10 Å². The van der Waals surface area contributed by atoms with Gasteiger partial charge in [-0.3, -0.25) is 14.5 Å². The smallest absolute Gasteiger partial charge is 0.337 e. The van der Waals surface area contributed by atoms with Crippen molar-refractivity contribution in [2.24, 2.45) is 0 Å². The van der Waals surface area contributed by atoms with Crippen LogP contribution in [0, 0.1) is 18.6 Å². The summed E-state index contributed by atoms with van der Waals surface area (Å²) in [7, 11) is 1.31. The first-order valence-electron chi connectivity index (χ1n) is 8.60. The summed E-state index contributed by atoms with van der Waals surface area (Å²) in [5, 5.41) is 9.83. The summed E-state index contributed by atoms with van der Waals surface area (Å²) in [6, 6.07) is 12.8. The van der Waals surface area contributed by atoms with Crippen LogP contribution in [0.3, 0.4) is 0 Å². The third-order valence-electron chi connectivity index (χ3n) is 4.27. The van der Waals surface area contributed by atoms with Crippen LogP contribution in [0.5, 0.6) is 0 Å². The summed E-state index contributed by atoms with van der Waals surface area (Å²) in [5.74, 6) is -0.158. The fourth-order valence-corrected chi connectivity index (χ4v) is 3.00. The van der Waals surface area contributed by atoms with Crippen molar-refractivity contribution < 1.29 is 14.3 Å². The number of carbonyl (C=O) groups is 2. The number of rotatable bonds is 5. The first-order valence-corrected chi connectivity index (χ1v) is 9.01. The summed E-state index contributed by atoms with van der Waals surface area (Å²) in [6.07, 6.45) is 0. The second-order valence-corrected chi connectivity index (χ2v) is 6.76. The van der Waals surface area contributed by atoms with E-state index in [1.54, 1.807) is 22.8 Å². The quantitative estimate of drug-likeness (QED) is 0.508. The van der Waals surface area contributed by atoms with E-state index in [1.165, 1.54) is 7.11 Å². The lowest BCUT2D eigenvalue weighted by Gasteiger charge is -2.11. The Morgan fingerprint density at radius 3 is 2.71 bits per heavy atom. The van der Waals surface area contributed by atoms with Gasteiger partial charge in [0, 0.05) is 11.3 Å². The van der Waals surface area contributed by atoms with Crippen molar-refractivity contribution in [3.05, 3.63) is 63.9 Å². The number of amides is 1. The Hall–Kier alpha value is -3.26. The maximum absolute atomic E-state index is 12.6. The maximum Gasteiger partial charge on any atom is 0.337 e. The topological polar surface area (TPSA) is 89.0 Å². The number of benzene rings is 2. The average molecular weight is 396 g/mol. The predicted octanol–water partition coefficient (Wildman–Crippen LogP) is 3.65. The van der Waals surface area contributed by atoms with Gasteiger partial charge in [0.15, 0.2) is 10.6 Å². The minimum Gasteiger partial charge on any atom is -0.465 e. The number of nitrogens with zero attached hydrogens (tertiary/aromatic N) is 2. The average Bonchev–Trinajstić information content (AvgIpc) is 3.03. The Labute approximate surface area is 167 Å². The van der Waals surface area contributed by atoms with Crippen LogP contribution in [0.15, 0.2) is 42.5 Å². The van der Waals surface area contributed by atoms with Crippen LogP contribution >= 0.6 is 12.2 Å². The molecular weight excluding hydrogens is 376 g/mol. The number of H-pyrrole nitrogens is 1.